The lowest BCUT2D eigenvalue weighted by Gasteiger charge is -2.05. The summed E-state index contributed by atoms with van der Waals surface area (Å²) in [7, 11) is 0. The van der Waals surface area contributed by atoms with Gasteiger partial charge in [0.15, 0.2) is 5.78 Å². The lowest BCUT2D eigenvalue weighted by atomic mass is 10.1. The fourth-order valence-corrected chi connectivity index (χ4v) is 2.28. The number of hydrogen-bond donors (Lipinski definition) is 2. The van der Waals surface area contributed by atoms with Gasteiger partial charge in [-0.25, -0.2) is 0 Å². The van der Waals surface area contributed by atoms with Crippen LogP contribution >= 0.6 is 0 Å². The summed E-state index contributed by atoms with van der Waals surface area (Å²) in [6.07, 6.45) is 13.0. The molecule has 0 rings (SSSR count). The molecule has 0 heterocycles. The zero-order valence-corrected chi connectivity index (χ0v) is 13.9. The van der Waals surface area contributed by atoms with E-state index < -0.39 is 12.1 Å². The third-order valence-corrected chi connectivity index (χ3v) is 3.67. The molecule has 4 nitrogen and oxygen atoms in total. The van der Waals surface area contributed by atoms with E-state index >= 15 is 0 Å². The minimum absolute atomic E-state index is 0.101. The Labute approximate surface area is 134 Å². The molecular formula is C18H32O4. The first-order valence-electron chi connectivity index (χ1n) is 8.67. The molecule has 2 N–H and O–H groups in total. The second-order valence-electron chi connectivity index (χ2n) is 5.90. The second-order valence-corrected chi connectivity index (χ2v) is 5.90. The van der Waals surface area contributed by atoms with Crippen LogP contribution in [0.15, 0.2) is 12.2 Å². The van der Waals surface area contributed by atoms with E-state index in [2.05, 4.69) is 6.92 Å². The molecule has 0 aliphatic carbocycles. The van der Waals surface area contributed by atoms with E-state index in [9.17, 15) is 14.7 Å². The highest BCUT2D eigenvalue weighted by Gasteiger charge is 2.02. The number of allylic oxidation sites excluding steroid dienone is 1. The molecule has 0 aromatic rings. The monoisotopic (exact) mass is 312 g/mol. The van der Waals surface area contributed by atoms with Crippen molar-refractivity contribution in [1.82, 2.24) is 0 Å². The molecule has 0 spiro atoms. The van der Waals surface area contributed by atoms with Crippen LogP contribution in [0, 0.1) is 0 Å². The van der Waals surface area contributed by atoms with Gasteiger partial charge in [-0.1, -0.05) is 57.9 Å². The zero-order valence-electron chi connectivity index (χ0n) is 13.9. The molecule has 0 aliphatic heterocycles. The molecule has 0 radical (unpaired) electrons. The molecule has 0 unspecified atom stereocenters. The third-order valence-electron chi connectivity index (χ3n) is 3.67. The van der Waals surface area contributed by atoms with Gasteiger partial charge in [-0.2, -0.15) is 0 Å². The Morgan fingerprint density at radius 2 is 1.50 bits per heavy atom. The zero-order chi connectivity index (χ0) is 16.6. The third kappa shape index (κ3) is 15.2. The van der Waals surface area contributed by atoms with Gasteiger partial charge >= 0.3 is 5.97 Å². The quantitative estimate of drug-likeness (QED) is 0.350. The van der Waals surface area contributed by atoms with Gasteiger partial charge in [-0.05, 0) is 25.3 Å². The summed E-state index contributed by atoms with van der Waals surface area (Å²) in [5.74, 6) is -0.635. The lowest BCUT2D eigenvalue weighted by Crippen LogP contribution is -2.03. The van der Waals surface area contributed by atoms with Gasteiger partial charge in [0.05, 0.1) is 6.10 Å². The summed E-state index contributed by atoms with van der Waals surface area (Å²) < 4.78 is 0. The number of hydrogen-bond acceptors (Lipinski definition) is 3. The smallest absolute Gasteiger partial charge is 0.303 e. The van der Waals surface area contributed by atoms with Crippen molar-refractivity contribution >= 4 is 11.8 Å². The van der Waals surface area contributed by atoms with Crippen molar-refractivity contribution in [3.05, 3.63) is 12.2 Å². The average molecular weight is 312 g/mol. The number of rotatable bonds is 15. The van der Waals surface area contributed by atoms with Crippen LogP contribution in [-0.4, -0.2) is 28.1 Å². The minimum atomic E-state index is -0.736. The molecule has 1 atom stereocenters. The van der Waals surface area contributed by atoms with Crippen molar-refractivity contribution < 1.29 is 19.8 Å². The van der Waals surface area contributed by atoms with Gasteiger partial charge in [0, 0.05) is 12.8 Å². The van der Waals surface area contributed by atoms with E-state index in [-0.39, 0.29) is 12.2 Å². The molecule has 22 heavy (non-hydrogen) atoms. The van der Waals surface area contributed by atoms with Gasteiger partial charge in [-0.3, -0.25) is 9.59 Å². The molecule has 0 bridgehead atoms. The summed E-state index contributed by atoms with van der Waals surface area (Å²) in [5.41, 5.74) is 0. The fraction of sp³-hybridized carbons (Fsp3) is 0.778. The molecule has 128 valence electrons. The standard InChI is InChI=1S/C18H32O4/c1-2-3-4-8-11-16(19)14-15-17(20)12-9-6-5-7-10-13-18(21)22/h14-15,17,20H,2-13H2,1H3,(H,21,22)/b15-14+/t17-/m0/s1. The molecule has 4 heteroatoms. The summed E-state index contributed by atoms with van der Waals surface area (Å²) in [4.78, 5) is 21.9. The number of aliphatic carboxylic acids is 1. The van der Waals surface area contributed by atoms with E-state index in [0.29, 0.717) is 12.8 Å². The van der Waals surface area contributed by atoms with Crippen LogP contribution in [0.5, 0.6) is 0 Å². The minimum Gasteiger partial charge on any atom is -0.481 e. The van der Waals surface area contributed by atoms with Crippen LogP contribution in [0.4, 0.5) is 0 Å². The largest absolute Gasteiger partial charge is 0.481 e. The van der Waals surface area contributed by atoms with E-state index in [1.165, 1.54) is 18.9 Å². The number of carboxylic acid groups (broad SMARTS) is 1. The Kier molecular flexibility index (Phi) is 14.0. The van der Waals surface area contributed by atoms with E-state index in [0.717, 1.165) is 44.9 Å². The van der Waals surface area contributed by atoms with Crippen molar-refractivity contribution in [3.63, 3.8) is 0 Å². The van der Waals surface area contributed by atoms with Crippen LogP contribution in [0.2, 0.25) is 0 Å². The first-order valence-corrected chi connectivity index (χ1v) is 8.67. The van der Waals surface area contributed by atoms with E-state index in [1.54, 1.807) is 6.08 Å². The van der Waals surface area contributed by atoms with Gasteiger partial charge in [0.2, 0.25) is 0 Å². The lowest BCUT2D eigenvalue weighted by molar-refractivity contribution is -0.137. The fourth-order valence-electron chi connectivity index (χ4n) is 2.28. The number of aliphatic hydroxyl groups is 1. The van der Waals surface area contributed by atoms with Crippen molar-refractivity contribution in [1.29, 1.82) is 0 Å². The molecule has 0 aliphatic rings. The van der Waals surface area contributed by atoms with Crippen molar-refractivity contribution in [2.24, 2.45) is 0 Å². The SMILES string of the molecule is CCCCCCC(=O)/C=C/[C@@H](O)CCCCCCCC(=O)O. The summed E-state index contributed by atoms with van der Waals surface area (Å²) in [5, 5.41) is 18.3. The number of carbonyl (C=O) groups excluding carboxylic acids is 1. The number of carbonyl (C=O) groups is 2. The van der Waals surface area contributed by atoms with Gasteiger partial charge in [0.25, 0.3) is 0 Å². The Balaban J connectivity index is 3.51. The Morgan fingerprint density at radius 1 is 0.909 bits per heavy atom. The average Bonchev–Trinajstić information content (AvgIpc) is 2.48. The normalized spacial score (nSPS) is 12.6. The molecular weight excluding hydrogens is 280 g/mol. The molecule has 0 aromatic carbocycles. The molecule has 0 saturated heterocycles. The van der Waals surface area contributed by atoms with Gasteiger partial charge in [-0.15, -0.1) is 0 Å². The first-order chi connectivity index (χ1) is 10.6. The van der Waals surface area contributed by atoms with E-state index in [4.69, 9.17) is 5.11 Å². The Bertz CT molecular complexity index is 323. The van der Waals surface area contributed by atoms with Crippen LogP contribution in [0.3, 0.4) is 0 Å². The number of carboxylic acids is 1. The van der Waals surface area contributed by atoms with Gasteiger partial charge in [0.1, 0.15) is 0 Å². The first kappa shape index (κ1) is 20.8. The molecule has 0 amide bonds. The van der Waals surface area contributed by atoms with Crippen molar-refractivity contribution in [2.75, 3.05) is 0 Å². The highest BCUT2D eigenvalue weighted by Crippen LogP contribution is 2.10. The van der Waals surface area contributed by atoms with Crippen LogP contribution < -0.4 is 0 Å². The summed E-state index contributed by atoms with van der Waals surface area (Å²) >= 11 is 0. The molecule has 0 fully saturated rings. The predicted molar refractivity (Wildman–Crippen MR) is 88.9 cm³/mol. The van der Waals surface area contributed by atoms with Crippen molar-refractivity contribution in [3.8, 4) is 0 Å². The Hall–Kier alpha value is -1.16. The second kappa shape index (κ2) is 14.8. The van der Waals surface area contributed by atoms with Crippen molar-refractivity contribution in [2.45, 2.75) is 90.1 Å². The van der Waals surface area contributed by atoms with Crippen LogP contribution in [0.1, 0.15) is 84.0 Å². The number of unbranched alkanes of at least 4 members (excludes halogenated alkanes) is 7. The predicted octanol–water partition coefficient (Wildman–Crippen LogP) is 4.26. The summed E-state index contributed by atoms with van der Waals surface area (Å²) in [6.45, 7) is 2.14. The van der Waals surface area contributed by atoms with Crippen LogP contribution in [-0.2, 0) is 9.59 Å². The molecule has 0 aromatic heterocycles. The van der Waals surface area contributed by atoms with Gasteiger partial charge < -0.3 is 10.2 Å². The number of aliphatic hydroxyl groups excluding tert-OH is 1. The maximum atomic E-state index is 11.6. The summed E-state index contributed by atoms with van der Waals surface area (Å²) in [6, 6.07) is 0. The topological polar surface area (TPSA) is 74.6 Å². The highest BCUT2D eigenvalue weighted by molar-refractivity contribution is 5.89. The van der Waals surface area contributed by atoms with E-state index in [1.807, 2.05) is 0 Å². The maximum absolute atomic E-state index is 11.6. The maximum Gasteiger partial charge on any atom is 0.303 e. The Morgan fingerprint density at radius 3 is 2.18 bits per heavy atom. The highest BCUT2D eigenvalue weighted by atomic mass is 16.4. The molecule has 0 saturated carbocycles. The van der Waals surface area contributed by atoms with Crippen LogP contribution in [0.25, 0.3) is 0 Å². The number of ketones is 1.